The summed E-state index contributed by atoms with van der Waals surface area (Å²) in [4.78, 5) is 24.3. The molecule has 0 N–H and O–H groups in total. The minimum atomic E-state index is 0.292. The molecule has 0 spiro atoms. The predicted octanol–water partition coefficient (Wildman–Crippen LogP) is 5.64. The molecule has 3 heterocycles. The third kappa shape index (κ3) is 3.89. The van der Waals surface area contributed by atoms with E-state index in [2.05, 4.69) is 70.8 Å². The molecule has 1 saturated carbocycles. The van der Waals surface area contributed by atoms with E-state index in [1.54, 1.807) is 0 Å². The fraction of sp³-hybridized carbons (Fsp3) is 0.345. The van der Waals surface area contributed by atoms with E-state index in [4.69, 9.17) is 4.98 Å². The van der Waals surface area contributed by atoms with E-state index in [1.165, 1.54) is 22.3 Å². The lowest BCUT2D eigenvalue weighted by Gasteiger charge is -2.17. The number of benzene rings is 2. The quantitative estimate of drug-likeness (QED) is 0.395. The number of rotatable bonds is 5. The molecular formula is C29H30N4O. The lowest BCUT2D eigenvalue weighted by atomic mass is 9.98. The van der Waals surface area contributed by atoms with Gasteiger partial charge in [0.05, 0.1) is 0 Å². The zero-order valence-electron chi connectivity index (χ0n) is 19.9. The number of fused-ring (bicyclic) bond motifs is 1. The number of aryl methyl sites for hydroxylation is 2. The number of nitrogens with zero attached hydrogens (tertiary/aromatic N) is 4. The summed E-state index contributed by atoms with van der Waals surface area (Å²) in [5.74, 6) is 2.03. The van der Waals surface area contributed by atoms with E-state index >= 15 is 0 Å². The van der Waals surface area contributed by atoms with Crippen LogP contribution in [0.2, 0.25) is 0 Å². The van der Waals surface area contributed by atoms with Gasteiger partial charge in [0.1, 0.15) is 11.3 Å². The Labute approximate surface area is 200 Å². The second-order valence-electron chi connectivity index (χ2n) is 10.0. The molecule has 1 atom stereocenters. The van der Waals surface area contributed by atoms with Gasteiger partial charge in [-0.2, -0.15) is 0 Å². The van der Waals surface area contributed by atoms with Crippen molar-refractivity contribution in [3.8, 4) is 22.5 Å². The maximum atomic E-state index is 12.5. The van der Waals surface area contributed by atoms with Gasteiger partial charge in [0.2, 0.25) is 5.91 Å². The van der Waals surface area contributed by atoms with Gasteiger partial charge >= 0.3 is 0 Å². The molecular weight excluding hydrogens is 420 g/mol. The molecule has 5 heteroatoms. The molecule has 0 bridgehead atoms. The van der Waals surface area contributed by atoms with E-state index in [1.807, 2.05) is 18.3 Å². The number of carbonyl (C=O) groups is 1. The van der Waals surface area contributed by atoms with Crippen LogP contribution in [0, 0.1) is 25.7 Å². The summed E-state index contributed by atoms with van der Waals surface area (Å²) in [6.07, 6.45) is 5.01. The Morgan fingerprint density at radius 2 is 1.79 bits per heavy atom. The first kappa shape index (κ1) is 21.1. The van der Waals surface area contributed by atoms with Crippen LogP contribution in [0.25, 0.3) is 33.7 Å². The number of amides is 1. The van der Waals surface area contributed by atoms with Crippen molar-refractivity contribution in [2.45, 2.75) is 39.7 Å². The fourth-order valence-electron chi connectivity index (χ4n) is 5.32. The molecule has 5 nitrogen and oxygen atoms in total. The number of pyridine rings is 1. The van der Waals surface area contributed by atoms with Crippen molar-refractivity contribution in [3.05, 3.63) is 71.9 Å². The summed E-state index contributed by atoms with van der Waals surface area (Å²) in [6, 6.07) is 19.3. The minimum Gasteiger partial charge on any atom is -0.342 e. The van der Waals surface area contributed by atoms with Gasteiger partial charge in [-0.3, -0.25) is 4.79 Å². The molecule has 2 aromatic heterocycles. The van der Waals surface area contributed by atoms with Gasteiger partial charge in [-0.1, -0.05) is 48.0 Å². The highest BCUT2D eigenvalue weighted by Gasteiger charge is 2.36. The van der Waals surface area contributed by atoms with Crippen LogP contribution in [0.5, 0.6) is 0 Å². The maximum absolute atomic E-state index is 12.5. The smallest absolute Gasteiger partial charge is 0.225 e. The van der Waals surface area contributed by atoms with Gasteiger partial charge in [0.15, 0.2) is 5.65 Å². The molecule has 0 unspecified atom stereocenters. The number of likely N-dealkylation sites (tertiary alicyclic amines) is 1. The van der Waals surface area contributed by atoms with Crippen molar-refractivity contribution in [2.24, 2.45) is 11.8 Å². The molecule has 6 rings (SSSR count). The van der Waals surface area contributed by atoms with Gasteiger partial charge in [-0.05, 0) is 67.9 Å². The average Bonchev–Trinajstić information content (AvgIpc) is 3.49. The Hall–Kier alpha value is -3.47. The molecule has 2 aliphatic rings. The Morgan fingerprint density at radius 3 is 2.56 bits per heavy atom. The molecule has 34 heavy (non-hydrogen) atoms. The normalized spacial score (nSPS) is 18.1. The van der Waals surface area contributed by atoms with Crippen LogP contribution in [0.3, 0.4) is 0 Å². The number of aromatic nitrogens is 3. The van der Waals surface area contributed by atoms with Gasteiger partial charge in [0.25, 0.3) is 0 Å². The highest BCUT2D eigenvalue weighted by molar-refractivity contribution is 5.81. The molecule has 172 valence electrons. The van der Waals surface area contributed by atoms with Crippen LogP contribution in [0.15, 0.2) is 60.8 Å². The van der Waals surface area contributed by atoms with Gasteiger partial charge < -0.3 is 9.47 Å². The number of hydrogen-bond donors (Lipinski definition) is 0. The highest BCUT2D eigenvalue weighted by atomic mass is 16.2. The fourth-order valence-corrected chi connectivity index (χ4v) is 5.32. The van der Waals surface area contributed by atoms with Crippen LogP contribution in [-0.2, 0) is 11.3 Å². The molecule has 1 saturated heterocycles. The molecule has 1 aliphatic heterocycles. The monoisotopic (exact) mass is 450 g/mol. The van der Waals surface area contributed by atoms with Gasteiger partial charge in [-0.15, -0.1) is 0 Å². The first-order valence-electron chi connectivity index (χ1n) is 12.3. The summed E-state index contributed by atoms with van der Waals surface area (Å²) in [5, 5.41) is 0. The van der Waals surface area contributed by atoms with Crippen molar-refractivity contribution >= 4 is 17.1 Å². The van der Waals surface area contributed by atoms with E-state index < -0.39 is 0 Å². The average molecular weight is 451 g/mol. The maximum Gasteiger partial charge on any atom is 0.225 e. The van der Waals surface area contributed by atoms with Gasteiger partial charge in [-0.25, -0.2) is 9.97 Å². The first-order valence-corrected chi connectivity index (χ1v) is 12.3. The summed E-state index contributed by atoms with van der Waals surface area (Å²) in [7, 11) is 0. The van der Waals surface area contributed by atoms with Crippen LogP contribution in [0.4, 0.5) is 0 Å². The second kappa shape index (κ2) is 8.39. The van der Waals surface area contributed by atoms with Crippen molar-refractivity contribution < 1.29 is 4.79 Å². The number of carbonyl (C=O) groups excluding carboxylic acids is 1. The third-order valence-corrected chi connectivity index (χ3v) is 7.30. The Kier molecular flexibility index (Phi) is 5.20. The predicted molar refractivity (Wildman–Crippen MR) is 135 cm³/mol. The van der Waals surface area contributed by atoms with E-state index in [-0.39, 0.29) is 0 Å². The largest absolute Gasteiger partial charge is 0.342 e. The number of hydrogen-bond acceptors (Lipinski definition) is 3. The van der Waals surface area contributed by atoms with E-state index in [0.717, 1.165) is 61.4 Å². The van der Waals surface area contributed by atoms with Crippen LogP contribution < -0.4 is 0 Å². The zero-order chi connectivity index (χ0) is 23.2. The topological polar surface area (TPSA) is 51.0 Å². The van der Waals surface area contributed by atoms with Gasteiger partial charge in [0, 0.05) is 37.3 Å². The molecule has 2 aromatic carbocycles. The molecule has 1 amide bonds. The Morgan fingerprint density at radius 1 is 1.00 bits per heavy atom. The van der Waals surface area contributed by atoms with Crippen LogP contribution in [0.1, 0.15) is 30.4 Å². The summed E-state index contributed by atoms with van der Waals surface area (Å²) in [5.41, 5.74) is 7.98. The Balaban J connectivity index is 1.31. The SMILES string of the molecule is Cc1ccc(-c2ccc(-c3nc4cccnc4n3C[C@@H]3CCN(C(=O)C4CC4)C3)cc2)c(C)c1. The molecule has 1 aliphatic carbocycles. The van der Waals surface area contributed by atoms with Crippen molar-refractivity contribution in [2.75, 3.05) is 13.1 Å². The summed E-state index contributed by atoms with van der Waals surface area (Å²) in [6.45, 7) is 6.84. The highest BCUT2D eigenvalue weighted by Crippen LogP contribution is 2.34. The lowest BCUT2D eigenvalue weighted by molar-refractivity contribution is -0.131. The third-order valence-electron chi connectivity index (χ3n) is 7.30. The minimum absolute atomic E-state index is 0.292. The second-order valence-corrected chi connectivity index (χ2v) is 10.0. The van der Waals surface area contributed by atoms with E-state index in [9.17, 15) is 4.79 Å². The van der Waals surface area contributed by atoms with Crippen LogP contribution >= 0.6 is 0 Å². The van der Waals surface area contributed by atoms with Crippen molar-refractivity contribution in [1.29, 1.82) is 0 Å². The van der Waals surface area contributed by atoms with Crippen molar-refractivity contribution in [1.82, 2.24) is 19.4 Å². The molecule has 0 radical (unpaired) electrons. The lowest BCUT2D eigenvalue weighted by Crippen LogP contribution is -2.30. The van der Waals surface area contributed by atoms with E-state index in [0.29, 0.717) is 17.7 Å². The summed E-state index contributed by atoms with van der Waals surface area (Å²) >= 11 is 0. The standard InChI is InChI=1S/C29H30N4O/c1-19-5-12-25(20(2)16-19)22-6-8-23(9-7-22)27-31-26-4-3-14-30-28(26)33(27)18-21-13-15-32(17-21)29(34)24-10-11-24/h3-9,12,14,16,21,24H,10-11,13,15,17-18H2,1-2H3/t21-/m1/s1. The van der Waals surface area contributed by atoms with Crippen molar-refractivity contribution in [3.63, 3.8) is 0 Å². The first-order chi connectivity index (χ1) is 16.6. The summed E-state index contributed by atoms with van der Waals surface area (Å²) < 4.78 is 2.26. The molecule has 4 aromatic rings. The molecule has 2 fully saturated rings. The number of imidazole rings is 1. The van der Waals surface area contributed by atoms with Crippen LogP contribution in [-0.4, -0.2) is 38.4 Å². The Bertz CT molecular complexity index is 1370. The zero-order valence-corrected chi connectivity index (χ0v) is 19.9.